The Hall–Kier alpha value is -3.66. The van der Waals surface area contributed by atoms with Crippen molar-refractivity contribution in [2.24, 2.45) is 0 Å². The molecule has 0 bridgehead atoms. The van der Waals surface area contributed by atoms with Crippen LogP contribution in [0.15, 0.2) is 121 Å². The molecule has 0 aromatic heterocycles. The fourth-order valence-electron chi connectivity index (χ4n) is 3.69. The van der Waals surface area contributed by atoms with E-state index >= 15 is 0 Å². The molecule has 0 unspecified atom stereocenters. The maximum absolute atomic E-state index is 12.4. The SMILES string of the molecule is O=C(C#CNC[P+](c1ccccc1)(c1ccccc1)c1ccccc1)c1ccccc1. The molecule has 31 heavy (non-hydrogen) atoms. The Morgan fingerprint density at radius 2 is 1.00 bits per heavy atom. The van der Waals surface area contributed by atoms with Crippen LogP contribution < -0.4 is 21.2 Å². The number of hydrogen-bond donors (Lipinski definition) is 1. The molecule has 0 aliphatic carbocycles. The summed E-state index contributed by atoms with van der Waals surface area (Å²) in [7, 11) is -2.01. The molecule has 0 spiro atoms. The van der Waals surface area contributed by atoms with Crippen molar-refractivity contribution in [1.29, 1.82) is 0 Å². The smallest absolute Gasteiger partial charge is 0.237 e. The van der Waals surface area contributed by atoms with Crippen LogP contribution in [0.3, 0.4) is 0 Å². The van der Waals surface area contributed by atoms with Crippen molar-refractivity contribution in [2.45, 2.75) is 0 Å². The van der Waals surface area contributed by atoms with Crippen molar-refractivity contribution in [3.8, 4) is 12.0 Å². The summed E-state index contributed by atoms with van der Waals surface area (Å²) in [6.07, 6.45) is 0.639. The summed E-state index contributed by atoms with van der Waals surface area (Å²) in [5.41, 5.74) is 0.604. The maximum Gasteiger partial charge on any atom is 0.237 e. The van der Waals surface area contributed by atoms with Gasteiger partial charge in [0.25, 0.3) is 0 Å². The van der Waals surface area contributed by atoms with Crippen LogP contribution in [0.25, 0.3) is 0 Å². The third-order valence-electron chi connectivity index (χ3n) is 5.21. The Labute approximate surface area is 184 Å². The lowest BCUT2D eigenvalue weighted by Crippen LogP contribution is -2.36. The number of Topliss-reactive ketones (excluding diaryl/α,β-unsaturated/α-hetero) is 1. The molecule has 4 rings (SSSR count). The molecule has 3 heteroatoms. The summed E-state index contributed by atoms with van der Waals surface area (Å²) >= 11 is 0. The maximum atomic E-state index is 12.4. The molecular formula is C28H23NOP+. The highest BCUT2D eigenvalue weighted by Gasteiger charge is 2.45. The topological polar surface area (TPSA) is 29.1 Å². The first-order valence-corrected chi connectivity index (χ1v) is 12.2. The molecule has 0 saturated carbocycles. The van der Waals surface area contributed by atoms with Crippen LogP contribution in [-0.2, 0) is 0 Å². The molecule has 0 fully saturated rings. The van der Waals surface area contributed by atoms with E-state index in [2.05, 4.69) is 90.1 Å². The van der Waals surface area contributed by atoms with E-state index in [0.29, 0.717) is 11.8 Å². The Balaban J connectivity index is 1.73. The minimum atomic E-state index is -2.01. The van der Waals surface area contributed by atoms with Gasteiger partial charge in [-0.15, -0.1) is 0 Å². The number of rotatable bonds is 6. The van der Waals surface area contributed by atoms with Crippen LogP contribution in [0.2, 0.25) is 0 Å². The van der Waals surface area contributed by atoms with Gasteiger partial charge in [0.1, 0.15) is 29.5 Å². The predicted molar refractivity (Wildman–Crippen MR) is 132 cm³/mol. The van der Waals surface area contributed by atoms with E-state index in [4.69, 9.17) is 0 Å². The Morgan fingerprint density at radius 3 is 1.42 bits per heavy atom. The number of carbonyl (C=O) groups excluding carboxylic acids is 1. The fourth-order valence-corrected chi connectivity index (χ4v) is 7.49. The lowest BCUT2D eigenvalue weighted by Gasteiger charge is -2.27. The van der Waals surface area contributed by atoms with Gasteiger partial charge in [-0.05, 0) is 42.3 Å². The van der Waals surface area contributed by atoms with Gasteiger partial charge >= 0.3 is 0 Å². The first kappa shape index (κ1) is 20.6. The van der Waals surface area contributed by atoms with Crippen LogP contribution in [0.5, 0.6) is 0 Å². The van der Waals surface area contributed by atoms with Crippen LogP contribution in [-0.4, -0.2) is 12.1 Å². The highest BCUT2D eigenvalue weighted by atomic mass is 31.2. The zero-order chi connectivity index (χ0) is 21.4. The van der Waals surface area contributed by atoms with Crippen molar-refractivity contribution in [3.63, 3.8) is 0 Å². The quantitative estimate of drug-likeness (QED) is 0.217. The van der Waals surface area contributed by atoms with Crippen molar-refractivity contribution >= 4 is 29.0 Å². The summed E-state index contributed by atoms with van der Waals surface area (Å²) in [5, 5.41) is 7.11. The highest BCUT2D eigenvalue weighted by Crippen LogP contribution is 2.54. The summed E-state index contributed by atoms with van der Waals surface area (Å²) in [4.78, 5) is 12.4. The molecule has 0 amide bonds. The average molecular weight is 420 g/mol. The average Bonchev–Trinajstić information content (AvgIpc) is 2.86. The summed E-state index contributed by atoms with van der Waals surface area (Å²) in [6, 6.07) is 43.9. The molecule has 150 valence electrons. The van der Waals surface area contributed by atoms with E-state index in [0.717, 1.165) is 0 Å². The van der Waals surface area contributed by atoms with E-state index < -0.39 is 7.26 Å². The zero-order valence-electron chi connectivity index (χ0n) is 17.1. The van der Waals surface area contributed by atoms with Crippen LogP contribution in [0.1, 0.15) is 10.4 Å². The van der Waals surface area contributed by atoms with E-state index in [-0.39, 0.29) is 5.78 Å². The number of benzene rings is 4. The molecule has 0 aliphatic rings. The second kappa shape index (κ2) is 9.90. The molecule has 0 atom stereocenters. The Morgan fingerprint density at radius 1 is 0.613 bits per heavy atom. The first-order chi connectivity index (χ1) is 15.3. The monoisotopic (exact) mass is 420 g/mol. The first-order valence-electron chi connectivity index (χ1n) is 10.2. The van der Waals surface area contributed by atoms with E-state index in [1.807, 2.05) is 36.4 Å². The molecule has 0 saturated heterocycles. The van der Waals surface area contributed by atoms with Gasteiger partial charge < -0.3 is 5.32 Å². The highest BCUT2D eigenvalue weighted by molar-refractivity contribution is 7.95. The molecule has 4 aromatic carbocycles. The summed E-state index contributed by atoms with van der Waals surface area (Å²) in [6.45, 7) is 0. The predicted octanol–water partition coefficient (Wildman–Crippen LogP) is 4.37. The number of ketones is 1. The van der Waals surface area contributed by atoms with Gasteiger partial charge in [-0.2, -0.15) is 0 Å². The van der Waals surface area contributed by atoms with Crippen LogP contribution >= 0.6 is 7.26 Å². The van der Waals surface area contributed by atoms with Crippen LogP contribution in [0, 0.1) is 12.0 Å². The van der Waals surface area contributed by atoms with Crippen molar-refractivity contribution in [2.75, 3.05) is 6.29 Å². The van der Waals surface area contributed by atoms with Crippen molar-refractivity contribution in [3.05, 3.63) is 127 Å². The van der Waals surface area contributed by atoms with E-state index in [1.165, 1.54) is 15.9 Å². The second-order valence-electron chi connectivity index (χ2n) is 7.10. The molecule has 0 radical (unpaired) electrons. The van der Waals surface area contributed by atoms with E-state index in [1.54, 1.807) is 12.1 Å². The Kier molecular flexibility index (Phi) is 6.58. The standard InChI is InChI=1S/C28H22NOP/c30-28(24-13-5-1-6-14-24)21-22-29-23-31(25-15-7-2-8-16-25,26-17-9-3-10-18-26)27-19-11-4-12-20-27/h1-20H,23H2/p+1. The fraction of sp³-hybridized carbons (Fsp3) is 0.0357. The molecule has 1 N–H and O–H groups in total. The number of nitrogens with one attached hydrogen (secondary N) is 1. The van der Waals surface area contributed by atoms with E-state index in [9.17, 15) is 4.79 Å². The lowest BCUT2D eigenvalue weighted by molar-refractivity contribution is 0.105. The molecule has 4 aromatic rings. The summed E-state index contributed by atoms with van der Waals surface area (Å²) in [5.74, 6) is 2.56. The van der Waals surface area contributed by atoms with Gasteiger partial charge in [-0.1, -0.05) is 84.9 Å². The van der Waals surface area contributed by atoms with Gasteiger partial charge in [0.05, 0.1) is 0 Å². The normalized spacial score (nSPS) is 10.6. The third-order valence-corrected chi connectivity index (χ3v) is 9.38. The minimum absolute atomic E-state index is 0.184. The number of carbonyl (C=O) groups is 1. The third kappa shape index (κ3) is 4.58. The number of hydrogen-bond acceptors (Lipinski definition) is 2. The zero-order valence-corrected chi connectivity index (χ0v) is 18.0. The minimum Gasteiger partial charge on any atom is -0.311 e. The Bertz CT molecular complexity index is 1080. The molecule has 0 heterocycles. The lowest BCUT2D eigenvalue weighted by atomic mass is 10.1. The van der Waals surface area contributed by atoms with Gasteiger partial charge in [0, 0.05) is 11.6 Å². The molecule has 2 nitrogen and oxygen atoms in total. The van der Waals surface area contributed by atoms with Crippen LogP contribution in [0.4, 0.5) is 0 Å². The molecule has 0 aliphatic heterocycles. The molecular weight excluding hydrogens is 397 g/mol. The second-order valence-corrected chi connectivity index (χ2v) is 10.6. The van der Waals surface area contributed by atoms with Gasteiger partial charge in [0.15, 0.2) is 0 Å². The van der Waals surface area contributed by atoms with Gasteiger partial charge in [-0.3, -0.25) is 4.79 Å². The van der Waals surface area contributed by atoms with Gasteiger partial charge in [0.2, 0.25) is 5.78 Å². The largest absolute Gasteiger partial charge is 0.311 e. The summed E-state index contributed by atoms with van der Waals surface area (Å²) < 4.78 is 0. The van der Waals surface area contributed by atoms with Crippen molar-refractivity contribution < 1.29 is 4.79 Å². The van der Waals surface area contributed by atoms with Gasteiger partial charge in [-0.25, -0.2) is 0 Å². The van der Waals surface area contributed by atoms with Crippen molar-refractivity contribution in [1.82, 2.24) is 5.32 Å².